The molecule has 64 valence electrons. The molecule has 0 radical (unpaired) electrons. The summed E-state index contributed by atoms with van der Waals surface area (Å²) in [6, 6.07) is 0.107. The molecule has 1 N–H and O–H groups in total. The van der Waals surface area contributed by atoms with E-state index < -0.39 is 0 Å². The fourth-order valence-electron chi connectivity index (χ4n) is 1.91. The molecule has 1 rings (SSSR count). The first-order valence-electron chi connectivity index (χ1n) is 4.51. The van der Waals surface area contributed by atoms with Crippen LogP contribution in [0.25, 0.3) is 0 Å². The van der Waals surface area contributed by atoms with Crippen LogP contribution in [0.5, 0.6) is 0 Å². The van der Waals surface area contributed by atoms with E-state index in [0.717, 1.165) is 6.29 Å². The van der Waals surface area contributed by atoms with Gasteiger partial charge in [0.05, 0.1) is 6.04 Å². The molecular weight excluding hydrogens is 138 g/mol. The molecule has 1 saturated carbocycles. The number of likely N-dealkylation sites (N-methyl/N-ethyl adjacent to an activating group) is 1. The maximum atomic E-state index is 10.6. The predicted molar refractivity (Wildman–Crippen MR) is 45.5 cm³/mol. The minimum atomic E-state index is 0.107. The summed E-state index contributed by atoms with van der Waals surface area (Å²) in [7, 11) is 1.87. The van der Waals surface area contributed by atoms with Crippen molar-refractivity contribution in [2.75, 3.05) is 7.05 Å². The van der Waals surface area contributed by atoms with Crippen molar-refractivity contribution >= 4 is 6.29 Å². The summed E-state index contributed by atoms with van der Waals surface area (Å²) in [4.78, 5) is 10.6. The second kappa shape index (κ2) is 4.50. The molecule has 0 bridgehead atoms. The molecule has 0 saturated heterocycles. The molecule has 2 nitrogen and oxygen atoms in total. The van der Waals surface area contributed by atoms with Crippen LogP contribution in [0.15, 0.2) is 0 Å². The van der Waals surface area contributed by atoms with Crippen LogP contribution in [-0.2, 0) is 4.79 Å². The highest BCUT2D eigenvalue weighted by Gasteiger charge is 2.21. The van der Waals surface area contributed by atoms with E-state index in [1.54, 1.807) is 0 Å². The second-order valence-electron chi connectivity index (χ2n) is 3.35. The Kier molecular flexibility index (Phi) is 3.57. The van der Waals surface area contributed by atoms with Crippen molar-refractivity contribution in [3.05, 3.63) is 0 Å². The van der Waals surface area contributed by atoms with Gasteiger partial charge in [0, 0.05) is 0 Å². The normalized spacial score (nSPS) is 23.0. The highest BCUT2D eigenvalue weighted by molar-refractivity contribution is 5.58. The van der Waals surface area contributed by atoms with Crippen molar-refractivity contribution in [3.8, 4) is 0 Å². The third kappa shape index (κ3) is 2.29. The SMILES string of the molecule is CN[C@H](C=O)C1CCCCC1. The summed E-state index contributed by atoms with van der Waals surface area (Å²) < 4.78 is 0. The van der Waals surface area contributed by atoms with E-state index in [1.165, 1.54) is 32.1 Å². The van der Waals surface area contributed by atoms with Gasteiger partial charge >= 0.3 is 0 Å². The Hall–Kier alpha value is -0.370. The first kappa shape index (κ1) is 8.72. The Labute approximate surface area is 68.4 Å². The second-order valence-corrected chi connectivity index (χ2v) is 3.35. The molecule has 0 unspecified atom stereocenters. The Balaban J connectivity index is 2.35. The third-order valence-corrected chi connectivity index (χ3v) is 2.64. The fraction of sp³-hybridized carbons (Fsp3) is 0.889. The molecule has 0 aromatic heterocycles. The third-order valence-electron chi connectivity index (χ3n) is 2.64. The van der Waals surface area contributed by atoms with Crippen LogP contribution < -0.4 is 5.32 Å². The van der Waals surface area contributed by atoms with Crippen molar-refractivity contribution in [3.63, 3.8) is 0 Å². The average Bonchev–Trinajstić information content (AvgIpc) is 2.09. The number of rotatable bonds is 3. The van der Waals surface area contributed by atoms with E-state index in [1.807, 2.05) is 7.05 Å². The molecule has 1 aliphatic rings. The van der Waals surface area contributed by atoms with Crippen LogP contribution in [-0.4, -0.2) is 19.4 Å². The van der Waals surface area contributed by atoms with E-state index in [4.69, 9.17) is 0 Å². The molecular formula is C9H17NO. The molecule has 0 heterocycles. The highest BCUT2D eigenvalue weighted by atomic mass is 16.1. The molecule has 0 aliphatic heterocycles. The van der Waals surface area contributed by atoms with Crippen LogP contribution in [0, 0.1) is 5.92 Å². The number of hydrogen-bond acceptors (Lipinski definition) is 2. The molecule has 0 aromatic rings. The Morgan fingerprint density at radius 1 is 1.36 bits per heavy atom. The quantitative estimate of drug-likeness (QED) is 0.623. The standard InChI is InChI=1S/C9H17NO/c1-10-9(7-11)8-5-3-2-4-6-8/h7-10H,2-6H2,1H3/t9-/m1/s1. The van der Waals surface area contributed by atoms with Gasteiger partial charge in [-0.15, -0.1) is 0 Å². The van der Waals surface area contributed by atoms with Crippen LogP contribution in [0.2, 0.25) is 0 Å². The molecule has 2 heteroatoms. The maximum Gasteiger partial charge on any atom is 0.137 e. The Bertz CT molecular complexity index is 119. The zero-order valence-corrected chi connectivity index (χ0v) is 7.18. The lowest BCUT2D eigenvalue weighted by Gasteiger charge is -2.25. The van der Waals surface area contributed by atoms with Crippen molar-refractivity contribution < 1.29 is 4.79 Å². The van der Waals surface area contributed by atoms with Gasteiger partial charge in [0.1, 0.15) is 6.29 Å². The minimum Gasteiger partial charge on any atom is -0.311 e. The monoisotopic (exact) mass is 155 g/mol. The van der Waals surface area contributed by atoms with Crippen LogP contribution >= 0.6 is 0 Å². The van der Waals surface area contributed by atoms with E-state index in [0.29, 0.717) is 5.92 Å². The number of carbonyl (C=O) groups excluding carboxylic acids is 1. The van der Waals surface area contributed by atoms with Gasteiger partial charge in [-0.1, -0.05) is 19.3 Å². The van der Waals surface area contributed by atoms with Crippen molar-refractivity contribution in [1.29, 1.82) is 0 Å². The van der Waals surface area contributed by atoms with Crippen molar-refractivity contribution in [2.24, 2.45) is 5.92 Å². The zero-order chi connectivity index (χ0) is 8.10. The molecule has 1 atom stereocenters. The van der Waals surface area contributed by atoms with E-state index in [2.05, 4.69) is 5.32 Å². The van der Waals surface area contributed by atoms with Gasteiger partial charge in [0.2, 0.25) is 0 Å². The van der Waals surface area contributed by atoms with Crippen molar-refractivity contribution in [2.45, 2.75) is 38.1 Å². The van der Waals surface area contributed by atoms with Gasteiger partial charge in [0.25, 0.3) is 0 Å². The summed E-state index contributed by atoms with van der Waals surface area (Å²) in [5.41, 5.74) is 0. The molecule has 0 spiro atoms. The minimum absolute atomic E-state index is 0.107. The lowest BCUT2D eigenvalue weighted by Crippen LogP contribution is -2.35. The summed E-state index contributed by atoms with van der Waals surface area (Å²) in [5.74, 6) is 0.603. The van der Waals surface area contributed by atoms with Gasteiger partial charge < -0.3 is 10.1 Å². The van der Waals surface area contributed by atoms with Crippen LogP contribution in [0.3, 0.4) is 0 Å². The lowest BCUT2D eigenvalue weighted by molar-refractivity contribution is -0.110. The molecule has 11 heavy (non-hydrogen) atoms. The maximum absolute atomic E-state index is 10.6. The van der Waals surface area contributed by atoms with Gasteiger partial charge in [-0.25, -0.2) is 0 Å². The van der Waals surface area contributed by atoms with E-state index >= 15 is 0 Å². The van der Waals surface area contributed by atoms with Gasteiger partial charge in [0.15, 0.2) is 0 Å². The molecule has 0 aromatic carbocycles. The largest absolute Gasteiger partial charge is 0.311 e. The Morgan fingerprint density at radius 2 is 2.00 bits per heavy atom. The van der Waals surface area contributed by atoms with Crippen LogP contribution in [0.4, 0.5) is 0 Å². The predicted octanol–water partition coefficient (Wildman–Crippen LogP) is 1.35. The van der Waals surface area contributed by atoms with Gasteiger partial charge in [-0.05, 0) is 25.8 Å². The average molecular weight is 155 g/mol. The number of aldehydes is 1. The topological polar surface area (TPSA) is 29.1 Å². The summed E-state index contributed by atoms with van der Waals surface area (Å²) in [6.45, 7) is 0. The van der Waals surface area contributed by atoms with Crippen LogP contribution in [0.1, 0.15) is 32.1 Å². The fourth-order valence-corrected chi connectivity index (χ4v) is 1.91. The smallest absolute Gasteiger partial charge is 0.137 e. The Morgan fingerprint density at radius 3 is 2.45 bits per heavy atom. The van der Waals surface area contributed by atoms with E-state index in [-0.39, 0.29) is 6.04 Å². The lowest BCUT2D eigenvalue weighted by atomic mass is 9.84. The summed E-state index contributed by atoms with van der Waals surface area (Å²) in [5, 5.41) is 3.05. The number of hydrogen-bond donors (Lipinski definition) is 1. The first-order chi connectivity index (χ1) is 5.38. The summed E-state index contributed by atoms with van der Waals surface area (Å²) >= 11 is 0. The molecule has 0 amide bonds. The number of nitrogens with one attached hydrogen (secondary N) is 1. The van der Waals surface area contributed by atoms with Gasteiger partial charge in [-0.3, -0.25) is 0 Å². The molecule has 1 aliphatic carbocycles. The van der Waals surface area contributed by atoms with Crippen molar-refractivity contribution in [1.82, 2.24) is 5.32 Å². The zero-order valence-electron chi connectivity index (χ0n) is 7.18. The van der Waals surface area contributed by atoms with Gasteiger partial charge in [-0.2, -0.15) is 0 Å². The van der Waals surface area contributed by atoms with E-state index in [9.17, 15) is 4.79 Å². The highest BCUT2D eigenvalue weighted by Crippen LogP contribution is 2.25. The first-order valence-corrected chi connectivity index (χ1v) is 4.51. The number of carbonyl (C=O) groups is 1. The summed E-state index contributed by atoms with van der Waals surface area (Å²) in [6.07, 6.45) is 7.46. The molecule has 1 fully saturated rings.